The summed E-state index contributed by atoms with van der Waals surface area (Å²) in [4.78, 5) is 12.2. The molecule has 0 amide bonds. The Bertz CT molecular complexity index is 367. The molecule has 1 atom stereocenters. The maximum absolute atomic E-state index is 12.2. The summed E-state index contributed by atoms with van der Waals surface area (Å²) < 4.78 is 0. The van der Waals surface area contributed by atoms with Gasteiger partial charge in [0.2, 0.25) is 0 Å². The number of allylic oxidation sites excluding steroid dienone is 4. The highest BCUT2D eigenvalue weighted by atomic mass is 32.2. The fourth-order valence-corrected chi connectivity index (χ4v) is 3.04. The normalized spacial score (nSPS) is 20.1. The number of aliphatic hydroxyl groups excluding tert-OH is 1. The van der Waals surface area contributed by atoms with Crippen molar-refractivity contribution in [2.45, 2.75) is 45.8 Å². The number of ketones is 1. The minimum Gasteiger partial charge on any atom is -0.396 e. The predicted octanol–water partition coefficient (Wildman–Crippen LogP) is 3.36. The quantitative estimate of drug-likeness (QED) is 0.802. The third kappa shape index (κ3) is 3.99. The Morgan fingerprint density at radius 1 is 1.56 bits per heavy atom. The number of Topliss-reactive ketones (excluding diaryl/α,β-unsaturated/α-hetero) is 1. The van der Waals surface area contributed by atoms with E-state index in [2.05, 4.69) is 32.9 Å². The molecule has 0 aromatic heterocycles. The Morgan fingerprint density at radius 3 is 2.78 bits per heavy atom. The van der Waals surface area contributed by atoms with Crippen molar-refractivity contribution in [2.24, 2.45) is 5.41 Å². The van der Waals surface area contributed by atoms with E-state index in [-0.39, 0.29) is 23.1 Å². The molecular formula is C15H24O2S. The Balaban J connectivity index is 2.71. The van der Waals surface area contributed by atoms with E-state index in [0.29, 0.717) is 12.2 Å². The molecule has 2 nitrogen and oxygen atoms in total. The van der Waals surface area contributed by atoms with Crippen LogP contribution in [0, 0.1) is 5.41 Å². The van der Waals surface area contributed by atoms with Crippen LogP contribution in [0.1, 0.15) is 40.5 Å². The molecule has 0 radical (unpaired) electrons. The second-order valence-electron chi connectivity index (χ2n) is 5.53. The van der Waals surface area contributed by atoms with Gasteiger partial charge in [-0.15, -0.1) is 11.8 Å². The van der Waals surface area contributed by atoms with Gasteiger partial charge < -0.3 is 5.11 Å². The highest BCUT2D eigenvalue weighted by molar-refractivity contribution is 8.00. The maximum atomic E-state index is 12.2. The van der Waals surface area contributed by atoms with Gasteiger partial charge in [-0.3, -0.25) is 4.79 Å². The minimum atomic E-state index is -0.0286. The largest absolute Gasteiger partial charge is 0.396 e. The van der Waals surface area contributed by atoms with Crippen LogP contribution in [0.4, 0.5) is 0 Å². The molecule has 1 aliphatic rings. The number of hydrogen-bond acceptors (Lipinski definition) is 3. The molecule has 102 valence electrons. The fraction of sp³-hybridized carbons (Fsp3) is 0.667. The number of thioether (sulfide) groups is 1. The first kappa shape index (κ1) is 15.5. The third-order valence-electron chi connectivity index (χ3n) is 3.55. The number of hydrogen-bond donors (Lipinski definition) is 1. The van der Waals surface area contributed by atoms with Crippen LogP contribution in [0.2, 0.25) is 0 Å². The SMILES string of the molecule is CC1=C(CC(=O)C(C)SCCO)C(C)(C)CC=C1. The van der Waals surface area contributed by atoms with Crippen LogP contribution in [0.5, 0.6) is 0 Å². The molecule has 3 heteroatoms. The summed E-state index contributed by atoms with van der Waals surface area (Å²) in [6, 6.07) is 0. The first-order chi connectivity index (χ1) is 8.38. The molecule has 0 fully saturated rings. The van der Waals surface area contributed by atoms with Crippen LogP contribution >= 0.6 is 11.8 Å². The minimum absolute atomic E-state index is 0.0286. The van der Waals surface area contributed by atoms with Crippen LogP contribution in [0.15, 0.2) is 23.3 Å². The summed E-state index contributed by atoms with van der Waals surface area (Å²) in [5.74, 6) is 0.903. The zero-order valence-electron chi connectivity index (χ0n) is 11.8. The van der Waals surface area contributed by atoms with Crippen LogP contribution in [-0.2, 0) is 4.79 Å². The molecule has 0 spiro atoms. The van der Waals surface area contributed by atoms with Crippen molar-refractivity contribution in [1.29, 1.82) is 0 Å². The van der Waals surface area contributed by atoms with Gasteiger partial charge in [0.25, 0.3) is 0 Å². The molecule has 1 unspecified atom stereocenters. The lowest BCUT2D eigenvalue weighted by Gasteiger charge is -2.31. The average Bonchev–Trinajstić information content (AvgIpc) is 2.30. The first-order valence-corrected chi connectivity index (χ1v) is 7.55. The standard InChI is InChI=1S/C15H24O2S/c1-11-6-5-7-15(3,4)13(11)10-14(17)12(2)18-9-8-16/h5-6,12,16H,7-10H2,1-4H3. The van der Waals surface area contributed by atoms with Gasteiger partial charge in [-0.1, -0.05) is 37.1 Å². The summed E-state index contributed by atoms with van der Waals surface area (Å²) in [6.45, 7) is 8.57. The van der Waals surface area contributed by atoms with Crippen molar-refractivity contribution in [1.82, 2.24) is 0 Å². The van der Waals surface area contributed by atoms with Crippen LogP contribution < -0.4 is 0 Å². The van der Waals surface area contributed by atoms with Crippen LogP contribution in [-0.4, -0.2) is 28.5 Å². The fourth-order valence-electron chi connectivity index (χ4n) is 2.31. The number of aliphatic hydroxyl groups is 1. The Hall–Kier alpha value is -0.540. The van der Waals surface area contributed by atoms with Crippen LogP contribution in [0.3, 0.4) is 0 Å². The van der Waals surface area contributed by atoms with Crippen molar-refractivity contribution >= 4 is 17.5 Å². The van der Waals surface area contributed by atoms with Gasteiger partial charge in [-0.2, -0.15) is 0 Å². The number of rotatable bonds is 6. The summed E-state index contributed by atoms with van der Waals surface area (Å²) in [7, 11) is 0. The van der Waals surface area contributed by atoms with Crippen molar-refractivity contribution in [3.05, 3.63) is 23.3 Å². The summed E-state index contributed by atoms with van der Waals surface area (Å²) in [6.07, 6.45) is 5.86. The monoisotopic (exact) mass is 268 g/mol. The third-order valence-corrected chi connectivity index (χ3v) is 4.73. The maximum Gasteiger partial charge on any atom is 0.149 e. The molecule has 1 N–H and O–H groups in total. The number of carbonyl (C=O) groups excluding carboxylic acids is 1. The zero-order valence-corrected chi connectivity index (χ0v) is 12.6. The molecule has 0 aromatic rings. The lowest BCUT2D eigenvalue weighted by Crippen LogP contribution is -2.23. The van der Waals surface area contributed by atoms with E-state index in [1.807, 2.05) is 6.92 Å². The van der Waals surface area contributed by atoms with E-state index in [1.165, 1.54) is 22.9 Å². The second-order valence-corrected chi connectivity index (χ2v) is 6.98. The molecule has 1 rings (SSSR count). The van der Waals surface area contributed by atoms with Crippen molar-refractivity contribution < 1.29 is 9.90 Å². The van der Waals surface area contributed by atoms with Crippen LogP contribution in [0.25, 0.3) is 0 Å². The molecule has 1 aliphatic carbocycles. The lowest BCUT2D eigenvalue weighted by atomic mass is 9.73. The number of carbonyl (C=O) groups is 1. The highest BCUT2D eigenvalue weighted by Crippen LogP contribution is 2.39. The Labute approximate surface area is 115 Å². The summed E-state index contributed by atoms with van der Waals surface area (Å²) in [5, 5.41) is 8.76. The van der Waals surface area contributed by atoms with Gasteiger partial charge in [-0.25, -0.2) is 0 Å². The molecular weight excluding hydrogens is 244 g/mol. The summed E-state index contributed by atoms with van der Waals surface area (Å²) >= 11 is 1.53. The molecule has 0 aromatic carbocycles. The average molecular weight is 268 g/mol. The van der Waals surface area contributed by atoms with E-state index in [9.17, 15) is 4.79 Å². The zero-order chi connectivity index (χ0) is 13.8. The smallest absolute Gasteiger partial charge is 0.149 e. The highest BCUT2D eigenvalue weighted by Gasteiger charge is 2.28. The summed E-state index contributed by atoms with van der Waals surface area (Å²) in [5.41, 5.74) is 2.60. The molecule has 0 heterocycles. The molecule has 0 saturated heterocycles. The molecule has 0 aliphatic heterocycles. The van der Waals surface area contributed by atoms with E-state index in [4.69, 9.17) is 5.11 Å². The van der Waals surface area contributed by atoms with Crippen molar-refractivity contribution in [2.75, 3.05) is 12.4 Å². The van der Waals surface area contributed by atoms with E-state index >= 15 is 0 Å². The lowest BCUT2D eigenvalue weighted by molar-refractivity contribution is -0.117. The van der Waals surface area contributed by atoms with Gasteiger partial charge in [0.1, 0.15) is 5.78 Å². The second kappa shape index (κ2) is 6.58. The van der Waals surface area contributed by atoms with Crippen molar-refractivity contribution in [3.63, 3.8) is 0 Å². The van der Waals surface area contributed by atoms with Gasteiger partial charge in [0.05, 0.1) is 11.9 Å². The predicted molar refractivity (Wildman–Crippen MR) is 78.9 cm³/mol. The van der Waals surface area contributed by atoms with E-state index in [0.717, 1.165) is 6.42 Å². The van der Waals surface area contributed by atoms with Gasteiger partial charge in [0.15, 0.2) is 0 Å². The Kier molecular flexibility index (Phi) is 5.67. The van der Waals surface area contributed by atoms with E-state index in [1.54, 1.807) is 0 Å². The molecule has 0 saturated carbocycles. The molecule has 0 bridgehead atoms. The van der Waals surface area contributed by atoms with Crippen molar-refractivity contribution in [3.8, 4) is 0 Å². The van der Waals surface area contributed by atoms with E-state index < -0.39 is 0 Å². The van der Waals surface area contributed by atoms with Gasteiger partial charge in [-0.05, 0) is 25.7 Å². The molecule has 18 heavy (non-hydrogen) atoms. The topological polar surface area (TPSA) is 37.3 Å². The Morgan fingerprint density at radius 2 is 2.22 bits per heavy atom. The van der Waals surface area contributed by atoms with Gasteiger partial charge >= 0.3 is 0 Å². The van der Waals surface area contributed by atoms with Gasteiger partial charge in [0, 0.05) is 12.2 Å². The first-order valence-electron chi connectivity index (χ1n) is 6.50.